The summed E-state index contributed by atoms with van der Waals surface area (Å²) in [5.41, 5.74) is 0. The maximum atomic E-state index is 9.75. The summed E-state index contributed by atoms with van der Waals surface area (Å²) in [4.78, 5) is 0. The first kappa shape index (κ1) is 13.4. The first-order chi connectivity index (χ1) is 8.35. The average Bonchev–Trinajstić information content (AvgIpc) is 2.79. The van der Waals surface area contributed by atoms with Gasteiger partial charge < -0.3 is 25.5 Å². The van der Waals surface area contributed by atoms with Gasteiger partial charge in [0.1, 0.15) is 12.2 Å². The summed E-state index contributed by atoms with van der Waals surface area (Å²) in [5.74, 6) is 5.12. The topological polar surface area (TPSA) is 119 Å². The van der Waals surface area contributed by atoms with Crippen LogP contribution >= 0.6 is 12.2 Å². The molecular formula is C9H16N4O4S. The molecule has 1 aliphatic heterocycles. The molecule has 0 saturated carbocycles. The van der Waals surface area contributed by atoms with Crippen LogP contribution in [-0.4, -0.2) is 49.7 Å². The largest absolute Gasteiger partial charge is 0.394 e. The van der Waals surface area contributed by atoms with Gasteiger partial charge in [0, 0.05) is 0 Å². The summed E-state index contributed by atoms with van der Waals surface area (Å²) >= 11 is 4.91. The Balaban J connectivity index is 2.35. The molecule has 0 spiro atoms. The van der Waals surface area contributed by atoms with Crippen molar-refractivity contribution in [2.75, 3.05) is 12.4 Å². The summed E-state index contributed by atoms with van der Waals surface area (Å²) in [5, 5.41) is 25.3. The minimum atomic E-state index is -1.10. The average molecular weight is 276 g/mol. The van der Waals surface area contributed by atoms with E-state index in [4.69, 9.17) is 32.6 Å². The van der Waals surface area contributed by atoms with E-state index in [9.17, 15) is 5.11 Å². The summed E-state index contributed by atoms with van der Waals surface area (Å²) in [6.45, 7) is 2.95. The summed E-state index contributed by atoms with van der Waals surface area (Å²) in [6, 6.07) is 0. The highest BCUT2D eigenvalue weighted by molar-refractivity contribution is 7.71. The molecule has 9 heteroatoms. The number of H-pyrrole nitrogens is 1. The molecule has 0 amide bonds. The number of ether oxygens (including phenoxy) is 2. The van der Waals surface area contributed by atoms with Gasteiger partial charge >= 0.3 is 0 Å². The number of aliphatic hydroxyl groups is 2. The number of nitrogens with one attached hydrogen (secondary N) is 1. The van der Waals surface area contributed by atoms with Gasteiger partial charge in [-0.25, -0.2) is 4.68 Å². The Morgan fingerprint density at radius 1 is 1.61 bits per heavy atom. The van der Waals surface area contributed by atoms with Gasteiger partial charge in [-0.2, -0.15) is 5.10 Å². The third-order valence-electron chi connectivity index (χ3n) is 2.68. The van der Waals surface area contributed by atoms with E-state index in [1.807, 2.05) is 0 Å². The molecule has 0 aliphatic carbocycles. The van der Waals surface area contributed by atoms with Crippen LogP contribution in [0.15, 0.2) is 0 Å². The lowest BCUT2D eigenvalue weighted by atomic mass is 10.1. The molecule has 1 aromatic rings. The predicted molar refractivity (Wildman–Crippen MR) is 63.4 cm³/mol. The van der Waals surface area contributed by atoms with E-state index < -0.39 is 30.7 Å². The SMILES string of the molecule is CC1(C)O[C@H]([C@H](O)CO)[C@@H](c2n[nH]c(=S)n2N)O1. The van der Waals surface area contributed by atoms with E-state index in [-0.39, 0.29) is 4.77 Å². The smallest absolute Gasteiger partial charge is 0.214 e. The molecule has 18 heavy (non-hydrogen) atoms. The van der Waals surface area contributed by atoms with Crippen molar-refractivity contribution in [3.05, 3.63) is 10.6 Å². The monoisotopic (exact) mass is 276 g/mol. The molecule has 0 bridgehead atoms. The summed E-state index contributed by atoms with van der Waals surface area (Å²) in [7, 11) is 0. The van der Waals surface area contributed by atoms with E-state index in [2.05, 4.69) is 10.2 Å². The van der Waals surface area contributed by atoms with Gasteiger partial charge in [-0.05, 0) is 26.1 Å². The third-order valence-corrected chi connectivity index (χ3v) is 2.97. The molecule has 1 aliphatic rings. The number of nitrogens with zero attached hydrogens (tertiary/aromatic N) is 2. The van der Waals surface area contributed by atoms with E-state index in [1.165, 1.54) is 0 Å². The van der Waals surface area contributed by atoms with Gasteiger partial charge in [0.2, 0.25) is 4.77 Å². The molecule has 2 rings (SSSR count). The molecular weight excluding hydrogens is 260 g/mol. The van der Waals surface area contributed by atoms with Crippen LogP contribution in [0.4, 0.5) is 0 Å². The highest BCUT2D eigenvalue weighted by Gasteiger charge is 2.47. The zero-order chi connectivity index (χ0) is 13.5. The van der Waals surface area contributed by atoms with Gasteiger partial charge in [-0.3, -0.25) is 5.10 Å². The lowest BCUT2D eigenvalue weighted by Crippen LogP contribution is -2.35. The lowest BCUT2D eigenvalue weighted by Gasteiger charge is -2.20. The molecule has 102 valence electrons. The van der Waals surface area contributed by atoms with Crippen molar-refractivity contribution in [1.82, 2.24) is 14.9 Å². The highest BCUT2D eigenvalue weighted by Crippen LogP contribution is 2.38. The Hall–Kier alpha value is -1.00. The Kier molecular flexibility index (Phi) is 3.43. The highest BCUT2D eigenvalue weighted by atomic mass is 32.1. The Labute approximate surface area is 108 Å². The van der Waals surface area contributed by atoms with Crippen molar-refractivity contribution in [3.8, 4) is 0 Å². The van der Waals surface area contributed by atoms with Crippen LogP contribution in [0.2, 0.25) is 0 Å². The normalized spacial score (nSPS) is 28.4. The van der Waals surface area contributed by atoms with Gasteiger partial charge in [-0.1, -0.05) is 0 Å². The van der Waals surface area contributed by atoms with Crippen LogP contribution < -0.4 is 5.84 Å². The quantitative estimate of drug-likeness (QED) is 0.421. The van der Waals surface area contributed by atoms with E-state index in [0.29, 0.717) is 5.82 Å². The standard InChI is InChI=1S/C9H16N4O4S/c1-9(2)16-5(4(15)3-14)6(17-9)7-11-12-8(18)13(7)10/h4-6,14-15H,3,10H2,1-2H3,(H,12,18)/t4-,5-,6+/m1/s1. The van der Waals surface area contributed by atoms with Gasteiger partial charge in [0.15, 0.2) is 17.7 Å². The van der Waals surface area contributed by atoms with E-state index >= 15 is 0 Å². The number of nitrogen functional groups attached to an aromatic ring is 1. The van der Waals surface area contributed by atoms with Crippen molar-refractivity contribution >= 4 is 12.2 Å². The molecule has 0 unspecified atom stereocenters. The first-order valence-electron chi connectivity index (χ1n) is 5.42. The van der Waals surface area contributed by atoms with Crippen molar-refractivity contribution in [1.29, 1.82) is 0 Å². The zero-order valence-electron chi connectivity index (χ0n) is 10.0. The minimum absolute atomic E-state index is 0.232. The fourth-order valence-corrected chi connectivity index (χ4v) is 2.03. The molecule has 1 fully saturated rings. The number of hydrogen-bond acceptors (Lipinski definition) is 7. The Morgan fingerprint density at radius 3 is 2.78 bits per heavy atom. The number of hydrogen-bond donors (Lipinski definition) is 4. The molecule has 0 radical (unpaired) electrons. The Morgan fingerprint density at radius 2 is 2.28 bits per heavy atom. The van der Waals surface area contributed by atoms with Gasteiger partial charge in [0.25, 0.3) is 0 Å². The van der Waals surface area contributed by atoms with Crippen LogP contribution in [0.3, 0.4) is 0 Å². The van der Waals surface area contributed by atoms with Gasteiger partial charge in [-0.15, -0.1) is 0 Å². The van der Waals surface area contributed by atoms with Gasteiger partial charge in [0.05, 0.1) is 6.61 Å². The number of nitrogens with two attached hydrogens (primary N) is 1. The number of aliphatic hydroxyl groups excluding tert-OH is 2. The summed E-state index contributed by atoms with van der Waals surface area (Å²) < 4.78 is 12.6. The van der Waals surface area contributed by atoms with Crippen molar-refractivity contribution in [2.24, 2.45) is 0 Å². The molecule has 2 heterocycles. The Bertz CT molecular complexity index is 485. The lowest BCUT2D eigenvalue weighted by molar-refractivity contribution is -0.158. The second-order valence-electron chi connectivity index (χ2n) is 4.53. The minimum Gasteiger partial charge on any atom is -0.394 e. The fraction of sp³-hybridized carbons (Fsp3) is 0.778. The third kappa shape index (κ3) is 2.27. The molecule has 8 nitrogen and oxygen atoms in total. The molecule has 5 N–H and O–H groups in total. The van der Waals surface area contributed by atoms with Crippen LogP contribution in [0.1, 0.15) is 25.8 Å². The van der Waals surface area contributed by atoms with Crippen LogP contribution in [-0.2, 0) is 9.47 Å². The molecule has 0 aromatic carbocycles. The molecule has 1 aromatic heterocycles. The van der Waals surface area contributed by atoms with Crippen molar-refractivity contribution in [3.63, 3.8) is 0 Å². The molecule has 1 saturated heterocycles. The second kappa shape index (κ2) is 4.59. The number of aromatic nitrogens is 3. The van der Waals surface area contributed by atoms with Crippen LogP contribution in [0.25, 0.3) is 0 Å². The molecule has 3 atom stereocenters. The van der Waals surface area contributed by atoms with Crippen molar-refractivity contribution in [2.45, 2.75) is 37.9 Å². The van der Waals surface area contributed by atoms with Crippen LogP contribution in [0.5, 0.6) is 0 Å². The fourth-order valence-electron chi connectivity index (χ4n) is 1.89. The zero-order valence-corrected chi connectivity index (χ0v) is 10.8. The maximum absolute atomic E-state index is 9.75. The first-order valence-corrected chi connectivity index (χ1v) is 5.83. The van der Waals surface area contributed by atoms with E-state index in [1.54, 1.807) is 13.8 Å². The van der Waals surface area contributed by atoms with Crippen molar-refractivity contribution < 1.29 is 19.7 Å². The maximum Gasteiger partial charge on any atom is 0.214 e. The second-order valence-corrected chi connectivity index (χ2v) is 4.91. The number of rotatable bonds is 3. The van der Waals surface area contributed by atoms with E-state index in [0.717, 1.165) is 4.68 Å². The summed E-state index contributed by atoms with van der Waals surface area (Å²) in [6.07, 6.45) is -2.57. The number of aromatic amines is 1. The van der Waals surface area contributed by atoms with Crippen LogP contribution in [0, 0.1) is 4.77 Å². The predicted octanol–water partition coefficient (Wildman–Crippen LogP) is -0.800.